The molecule has 0 saturated heterocycles. The smallest absolute Gasteiger partial charge is 0.312 e. The van der Waals surface area contributed by atoms with Crippen molar-refractivity contribution in [3.05, 3.63) is 34.4 Å². The van der Waals surface area contributed by atoms with Gasteiger partial charge in [-0.1, -0.05) is 31.5 Å². The summed E-state index contributed by atoms with van der Waals surface area (Å²) >= 11 is 0. The molecule has 0 bridgehead atoms. The second-order valence-electron chi connectivity index (χ2n) is 5.19. The van der Waals surface area contributed by atoms with Crippen molar-refractivity contribution in [2.24, 2.45) is 0 Å². The van der Waals surface area contributed by atoms with Crippen LogP contribution in [0.25, 0.3) is 0 Å². The Morgan fingerprint density at radius 3 is 2.00 bits per heavy atom. The maximum absolute atomic E-state index is 11.6. The number of hydrogen-bond acceptors (Lipinski definition) is 2. The molecule has 0 saturated carbocycles. The molecule has 0 amide bonds. The lowest BCUT2D eigenvalue weighted by molar-refractivity contribution is -0.139. The second-order valence-corrected chi connectivity index (χ2v) is 5.19. The summed E-state index contributed by atoms with van der Waals surface area (Å²) in [6.07, 6.45) is 0. The highest BCUT2D eigenvalue weighted by Gasteiger charge is 2.25. The van der Waals surface area contributed by atoms with Gasteiger partial charge in [0.25, 0.3) is 0 Å². The molecule has 0 heterocycles. The first kappa shape index (κ1) is 15.7. The van der Waals surface area contributed by atoms with Crippen molar-refractivity contribution in [3.8, 4) is 0 Å². The van der Waals surface area contributed by atoms with E-state index in [1.807, 2.05) is 20.8 Å². The maximum atomic E-state index is 11.6. The molecule has 0 aliphatic rings. The fraction of sp³-hybridized carbons (Fsp3) is 0.562. The Kier molecular flexibility index (Phi) is 5.55. The summed E-state index contributed by atoms with van der Waals surface area (Å²) in [7, 11) is 0. The van der Waals surface area contributed by atoms with E-state index in [1.54, 1.807) is 0 Å². The zero-order valence-corrected chi connectivity index (χ0v) is 12.7. The first-order chi connectivity index (χ1) is 8.90. The molecule has 0 aromatic heterocycles. The van der Waals surface area contributed by atoms with Gasteiger partial charge < -0.3 is 10.0 Å². The molecule has 0 fully saturated rings. The molecule has 106 valence electrons. The normalized spacial score (nSPS) is 12.7. The van der Waals surface area contributed by atoms with Crippen molar-refractivity contribution in [2.75, 3.05) is 19.6 Å². The summed E-state index contributed by atoms with van der Waals surface area (Å²) in [6.45, 7) is 12.5. The molecule has 0 spiro atoms. The molecule has 3 heteroatoms. The van der Waals surface area contributed by atoms with E-state index >= 15 is 0 Å². The van der Waals surface area contributed by atoms with Crippen molar-refractivity contribution in [3.63, 3.8) is 0 Å². The number of carboxylic acid groups (broad SMARTS) is 1. The van der Waals surface area contributed by atoms with Gasteiger partial charge in [-0.15, -0.1) is 0 Å². The summed E-state index contributed by atoms with van der Waals surface area (Å²) in [5.74, 6) is -1.18. The van der Waals surface area contributed by atoms with Crippen LogP contribution in [0, 0.1) is 20.8 Å². The fourth-order valence-corrected chi connectivity index (χ4v) is 2.77. The third-order valence-corrected chi connectivity index (χ3v) is 3.72. The third kappa shape index (κ3) is 3.80. The van der Waals surface area contributed by atoms with Gasteiger partial charge in [0.15, 0.2) is 0 Å². The van der Waals surface area contributed by atoms with Crippen LogP contribution in [0.2, 0.25) is 0 Å². The zero-order chi connectivity index (χ0) is 14.6. The number of rotatable bonds is 6. The van der Waals surface area contributed by atoms with Crippen LogP contribution in [0.1, 0.15) is 42.0 Å². The van der Waals surface area contributed by atoms with Crippen molar-refractivity contribution in [1.29, 1.82) is 0 Å². The second kappa shape index (κ2) is 6.71. The molecule has 1 rings (SSSR count). The van der Waals surface area contributed by atoms with Gasteiger partial charge in [-0.3, -0.25) is 4.79 Å². The van der Waals surface area contributed by atoms with E-state index in [0.29, 0.717) is 6.54 Å². The Morgan fingerprint density at radius 2 is 1.63 bits per heavy atom. The van der Waals surface area contributed by atoms with Crippen LogP contribution >= 0.6 is 0 Å². The van der Waals surface area contributed by atoms with Crippen LogP contribution < -0.4 is 0 Å². The van der Waals surface area contributed by atoms with Crippen LogP contribution in [0.15, 0.2) is 12.1 Å². The molecule has 1 N–H and O–H groups in total. The van der Waals surface area contributed by atoms with Gasteiger partial charge in [0.05, 0.1) is 5.92 Å². The maximum Gasteiger partial charge on any atom is 0.312 e. The van der Waals surface area contributed by atoms with Gasteiger partial charge in [0.2, 0.25) is 0 Å². The lowest BCUT2D eigenvalue weighted by atomic mass is 9.89. The number of aryl methyl sites for hydroxylation is 3. The average molecular weight is 263 g/mol. The van der Waals surface area contributed by atoms with E-state index in [2.05, 4.69) is 30.9 Å². The van der Waals surface area contributed by atoms with E-state index < -0.39 is 11.9 Å². The minimum atomic E-state index is -0.734. The summed E-state index contributed by atoms with van der Waals surface area (Å²) < 4.78 is 0. The Balaban J connectivity index is 3.16. The number of hydrogen-bond donors (Lipinski definition) is 1. The van der Waals surface area contributed by atoms with Crippen LogP contribution in [0.5, 0.6) is 0 Å². The molecule has 0 aliphatic heterocycles. The molecule has 0 radical (unpaired) electrons. The molecule has 3 nitrogen and oxygen atoms in total. The average Bonchev–Trinajstić information content (AvgIpc) is 2.31. The van der Waals surface area contributed by atoms with E-state index in [4.69, 9.17) is 0 Å². The summed E-state index contributed by atoms with van der Waals surface area (Å²) in [5, 5.41) is 9.56. The van der Waals surface area contributed by atoms with E-state index in [1.165, 1.54) is 5.56 Å². The van der Waals surface area contributed by atoms with Crippen molar-refractivity contribution < 1.29 is 9.90 Å². The number of aliphatic carboxylic acids is 1. The van der Waals surface area contributed by atoms with Crippen LogP contribution in [0.4, 0.5) is 0 Å². The predicted molar refractivity (Wildman–Crippen MR) is 78.8 cm³/mol. The molecule has 1 aromatic carbocycles. The quantitative estimate of drug-likeness (QED) is 0.857. The third-order valence-electron chi connectivity index (χ3n) is 3.72. The molecule has 0 aliphatic carbocycles. The lowest BCUT2D eigenvalue weighted by Crippen LogP contribution is -2.32. The van der Waals surface area contributed by atoms with Gasteiger partial charge in [-0.25, -0.2) is 0 Å². The number of benzene rings is 1. The minimum absolute atomic E-state index is 0.444. The Hall–Kier alpha value is -1.35. The molecule has 19 heavy (non-hydrogen) atoms. The Labute approximate surface area is 116 Å². The molecular weight excluding hydrogens is 238 g/mol. The number of carboxylic acids is 1. The van der Waals surface area contributed by atoms with Gasteiger partial charge >= 0.3 is 5.97 Å². The molecule has 1 aromatic rings. The largest absolute Gasteiger partial charge is 0.481 e. The van der Waals surface area contributed by atoms with Crippen LogP contribution in [-0.2, 0) is 4.79 Å². The number of likely N-dealkylation sites (N-methyl/N-ethyl adjacent to an activating group) is 1. The zero-order valence-electron chi connectivity index (χ0n) is 12.7. The van der Waals surface area contributed by atoms with E-state index in [0.717, 1.165) is 29.8 Å². The Bertz CT molecular complexity index is 427. The predicted octanol–water partition coefficient (Wildman–Crippen LogP) is 3.12. The Morgan fingerprint density at radius 1 is 1.16 bits per heavy atom. The summed E-state index contributed by atoms with van der Waals surface area (Å²) in [5.41, 5.74) is 4.32. The van der Waals surface area contributed by atoms with E-state index in [9.17, 15) is 9.90 Å². The van der Waals surface area contributed by atoms with Gasteiger partial charge in [0.1, 0.15) is 0 Å². The van der Waals surface area contributed by atoms with Gasteiger partial charge in [-0.05, 0) is 50.6 Å². The highest BCUT2D eigenvalue weighted by molar-refractivity contribution is 5.77. The first-order valence-electron chi connectivity index (χ1n) is 6.93. The number of nitrogens with zero attached hydrogens (tertiary/aromatic N) is 1. The minimum Gasteiger partial charge on any atom is -0.481 e. The van der Waals surface area contributed by atoms with Crippen molar-refractivity contribution in [2.45, 2.75) is 40.5 Å². The van der Waals surface area contributed by atoms with Crippen LogP contribution in [-0.4, -0.2) is 35.6 Å². The van der Waals surface area contributed by atoms with Crippen LogP contribution in [0.3, 0.4) is 0 Å². The standard InChI is InChI=1S/C16H25NO2/c1-6-17(7-2)10-14(16(18)19)15-12(4)8-11(3)9-13(15)5/h8-9,14H,6-7,10H2,1-5H3,(H,18,19). The fourth-order valence-electron chi connectivity index (χ4n) is 2.77. The molecule has 1 unspecified atom stereocenters. The topological polar surface area (TPSA) is 40.5 Å². The highest BCUT2D eigenvalue weighted by Crippen LogP contribution is 2.26. The monoisotopic (exact) mass is 263 g/mol. The van der Waals surface area contributed by atoms with Crippen molar-refractivity contribution >= 4 is 5.97 Å². The van der Waals surface area contributed by atoms with E-state index in [-0.39, 0.29) is 0 Å². The molecule has 1 atom stereocenters. The SMILES string of the molecule is CCN(CC)CC(C(=O)O)c1c(C)cc(C)cc1C. The van der Waals surface area contributed by atoms with Gasteiger partial charge in [0, 0.05) is 6.54 Å². The summed E-state index contributed by atoms with van der Waals surface area (Å²) in [6, 6.07) is 4.14. The lowest BCUT2D eigenvalue weighted by Gasteiger charge is -2.25. The van der Waals surface area contributed by atoms with Gasteiger partial charge in [-0.2, -0.15) is 0 Å². The highest BCUT2D eigenvalue weighted by atomic mass is 16.4. The van der Waals surface area contributed by atoms with Crippen molar-refractivity contribution in [1.82, 2.24) is 4.90 Å². The number of carbonyl (C=O) groups is 1. The molecular formula is C16H25NO2. The summed E-state index contributed by atoms with van der Waals surface area (Å²) in [4.78, 5) is 13.8. The first-order valence-corrected chi connectivity index (χ1v) is 6.93.